The molecule has 1 aromatic carbocycles. The average Bonchev–Trinajstić information content (AvgIpc) is 2.61. The van der Waals surface area contributed by atoms with Gasteiger partial charge < -0.3 is 0 Å². The summed E-state index contributed by atoms with van der Waals surface area (Å²) in [4.78, 5) is 6.07. The molecule has 0 saturated carbocycles. The Morgan fingerprint density at radius 3 is 2.44 bits per heavy atom. The summed E-state index contributed by atoms with van der Waals surface area (Å²) in [6.07, 6.45) is 2.31. The molecule has 0 unspecified atom stereocenters. The van der Waals surface area contributed by atoms with Crippen molar-refractivity contribution in [3.8, 4) is 11.3 Å². The van der Waals surface area contributed by atoms with Crippen LogP contribution < -0.4 is 0 Å². The van der Waals surface area contributed by atoms with E-state index in [1.54, 1.807) is 0 Å². The largest absolute Gasteiger partial charge is 0.241 e. The maximum absolute atomic E-state index is 4.65. The lowest BCUT2D eigenvalue weighted by molar-refractivity contribution is 0.938. The highest BCUT2D eigenvalue weighted by atomic mass is 32.1. The second-order valence-corrected chi connectivity index (χ2v) is 5.41. The smallest absolute Gasteiger partial charge is 0.0904 e. The van der Waals surface area contributed by atoms with Gasteiger partial charge in [-0.05, 0) is 20.3 Å². The fourth-order valence-electron chi connectivity index (χ4n) is 1.80. The summed E-state index contributed by atoms with van der Waals surface area (Å²) in [6, 6.07) is 8.64. The summed E-state index contributed by atoms with van der Waals surface area (Å²) in [5.74, 6) is 0. The molecule has 0 bridgehead atoms. The van der Waals surface area contributed by atoms with Crippen molar-refractivity contribution in [1.29, 1.82) is 0 Å². The molecular weight excluding hydrogens is 214 g/mol. The number of nitrogens with zero attached hydrogens (tertiary/aromatic N) is 1. The minimum Gasteiger partial charge on any atom is -0.241 e. The quantitative estimate of drug-likeness (QED) is 0.764. The van der Waals surface area contributed by atoms with Gasteiger partial charge in [-0.1, -0.05) is 43.2 Å². The Morgan fingerprint density at radius 1 is 1.12 bits per heavy atom. The van der Waals surface area contributed by atoms with Crippen LogP contribution in [0.5, 0.6) is 0 Å². The third-order valence-corrected chi connectivity index (χ3v) is 3.64. The van der Waals surface area contributed by atoms with Crippen LogP contribution in [0.3, 0.4) is 0 Å². The minimum atomic E-state index is 1.13. The highest BCUT2D eigenvalue weighted by molar-refractivity contribution is 7.12. The number of hydrogen-bond donors (Lipinski definition) is 0. The van der Waals surface area contributed by atoms with Gasteiger partial charge in [0.15, 0.2) is 0 Å². The summed E-state index contributed by atoms with van der Waals surface area (Å²) >= 11 is 1.83. The zero-order chi connectivity index (χ0) is 11.5. The first-order chi connectivity index (χ1) is 7.70. The summed E-state index contributed by atoms with van der Waals surface area (Å²) < 4.78 is 0. The van der Waals surface area contributed by atoms with Crippen LogP contribution in [0.25, 0.3) is 11.3 Å². The zero-order valence-electron chi connectivity index (χ0n) is 10.1. The Hall–Kier alpha value is -1.15. The molecule has 0 aliphatic rings. The molecule has 0 saturated heterocycles. The van der Waals surface area contributed by atoms with E-state index in [0.717, 1.165) is 6.42 Å². The van der Waals surface area contributed by atoms with Crippen molar-refractivity contribution < 1.29 is 0 Å². The lowest BCUT2D eigenvalue weighted by atomic mass is 10.1. The predicted octanol–water partition coefficient (Wildman–Crippen LogP) is 4.38. The molecule has 2 aromatic rings. The number of thiazole rings is 1. The van der Waals surface area contributed by atoms with E-state index in [1.807, 2.05) is 11.3 Å². The maximum atomic E-state index is 4.65. The van der Waals surface area contributed by atoms with Crippen molar-refractivity contribution >= 4 is 11.3 Å². The third kappa shape index (κ3) is 2.33. The first-order valence-electron chi connectivity index (χ1n) is 5.74. The van der Waals surface area contributed by atoms with Crippen LogP contribution >= 0.6 is 11.3 Å². The molecule has 0 radical (unpaired) electrons. The van der Waals surface area contributed by atoms with E-state index in [4.69, 9.17) is 0 Å². The minimum absolute atomic E-state index is 1.13. The van der Waals surface area contributed by atoms with Crippen LogP contribution in [0.15, 0.2) is 24.3 Å². The predicted molar refractivity (Wildman–Crippen MR) is 71.0 cm³/mol. The standard InChI is InChI=1S/C14H17NS/c1-4-5-13-14(15-11(3)16-13)12-8-6-10(2)7-9-12/h6-9H,4-5H2,1-3H3. The Balaban J connectivity index is 2.42. The first-order valence-corrected chi connectivity index (χ1v) is 6.55. The van der Waals surface area contributed by atoms with Gasteiger partial charge in [0.25, 0.3) is 0 Å². The molecule has 1 aromatic heterocycles. The van der Waals surface area contributed by atoms with Gasteiger partial charge in [0, 0.05) is 10.4 Å². The van der Waals surface area contributed by atoms with Crippen LogP contribution in [0.4, 0.5) is 0 Å². The number of benzene rings is 1. The fraction of sp³-hybridized carbons (Fsp3) is 0.357. The summed E-state index contributed by atoms with van der Waals surface area (Å²) in [5, 5.41) is 1.17. The van der Waals surface area contributed by atoms with E-state index in [9.17, 15) is 0 Å². The van der Waals surface area contributed by atoms with Crippen molar-refractivity contribution in [2.75, 3.05) is 0 Å². The summed E-state index contributed by atoms with van der Waals surface area (Å²) in [6.45, 7) is 6.42. The SMILES string of the molecule is CCCc1sc(C)nc1-c1ccc(C)cc1. The van der Waals surface area contributed by atoms with Crippen LogP contribution in [0.2, 0.25) is 0 Å². The van der Waals surface area contributed by atoms with Gasteiger partial charge in [-0.3, -0.25) is 0 Å². The lowest BCUT2D eigenvalue weighted by Crippen LogP contribution is -1.85. The highest BCUT2D eigenvalue weighted by Crippen LogP contribution is 2.29. The van der Waals surface area contributed by atoms with E-state index in [0.29, 0.717) is 0 Å². The topological polar surface area (TPSA) is 12.9 Å². The number of aromatic nitrogens is 1. The Bertz CT molecular complexity index is 468. The number of aryl methyl sites for hydroxylation is 3. The second kappa shape index (κ2) is 4.79. The van der Waals surface area contributed by atoms with E-state index in [-0.39, 0.29) is 0 Å². The zero-order valence-corrected chi connectivity index (χ0v) is 10.9. The van der Waals surface area contributed by atoms with Crippen molar-refractivity contribution in [2.24, 2.45) is 0 Å². The van der Waals surface area contributed by atoms with Crippen molar-refractivity contribution in [1.82, 2.24) is 4.98 Å². The van der Waals surface area contributed by atoms with Gasteiger partial charge in [0.1, 0.15) is 0 Å². The summed E-state index contributed by atoms with van der Waals surface area (Å²) in [5.41, 5.74) is 3.73. The van der Waals surface area contributed by atoms with Gasteiger partial charge in [0.05, 0.1) is 10.7 Å². The van der Waals surface area contributed by atoms with Crippen molar-refractivity contribution in [3.05, 3.63) is 39.7 Å². The highest BCUT2D eigenvalue weighted by Gasteiger charge is 2.09. The molecule has 16 heavy (non-hydrogen) atoms. The molecule has 0 aliphatic heterocycles. The van der Waals surface area contributed by atoms with Crippen LogP contribution in [0.1, 0.15) is 28.8 Å². The molecule has 0 atom stereocenters. The Kier molecular flexibility index (Phi) is 3.39. The molecule has 1 nitrogen and oxygen atoms in total. The fourth-order valence-corrected chi connectivity index (χ4v) is 2.86. The van der Waals surface area contributed by atoms with E-state index >= 15 is 0 Å². The van der Waals surface area contributed by atoms with Gasteiger partial charge in [-0.25, -0.2) is 4.98 Å². The van der Waals surface area contributed by atoms with Crippen LogP contribution in [-0.4, -0.2) is 4.98 Å². The van der Waals surface area contributed by atoms with Crippen LogP contribution in [0, 0.1) is 13.8 Å². The molecule has 0 amide bonds. The molecule has 2 heteroatoms. The van der Waals surface area contributed by atoms with E-state index in [2.05, 4.69) is 50.0 Å². The third-order valence-electron chi connectivity index (χ3n) is 2.61. The number of rotatable bonds is 3. The monoisotopic (exact) mass is 231 g/mol. The Morgan fingerprint density at radius 2 is 1.81 bits per heavy atom. The molecule has 84 valence electrons. The van der Waals surface area contributed by atoms with E-state index < -0.39 is 0 Å². The van der Waals surface area contributed by atoms with Gasteiger partial charge in [-0.15, -0.1) is 11.3 Å². The molecule has 0 fully saturated rings. The summed E-state index contributed by atoms with van der Waals surface area (Å²) in [7, 11) is 0. The molecule has 2 rings (SSSR count). The van der Waals surface area contributed by atoms with Gasteiger partial charge in [0.2, 0.25) is 0 Å². The Labute approximate surface area is 101 Å². The van der Waals surface area contributed by atoms with Crippen molar-refractivity contribution in [2.45, 2.75) is 33.6 Å². The number of hydrogen-bond acceptors (Lipinski definition) is 2. The lowest BCUT2D eigenvalue weighted by Gasteiger charge is -2.01. The van der Waals surface area contributed by atoms with Crippen LogP contribution in [-0.2, 0) is 6.42 Å². The first kappa shape index (κ1) is 11.3. The normalized spacial score (nSPS) is 10.7. The van der Waals surface area contributed by atoms with Gasteiger partial charge in [-0.2, -0.15) is 0 Å². The molecule has 0 N–H and O–H groups in total. The average molecular weight is 231 g/mol. The maximum Gasteiger partial charge on any atom is 0.0904 e. The molecule has 0 aliphatic carbocycles. The molecule has 1 heterocycles. The molecular formula is C14H17NS. The second-order valence-electron chi connectivity index (χ2n) is 4.12. The van der Waals surface area contributed by atoms with Gasteiger partial charge >= 0.3 is 0 Å². The van der Waals surface area contributed by atoms with E-state index in [1.165, 1.54) is 33.1 Å². The van der Waals surface area contributed by atoms with Crippen molar-refractivity contribution in [3.63, 3.8) is 0 Å². The molecule has 0 spiro atoms.